The fourth-order valence-corrected chi connectivity index (χ4v) is 4.63. The Balaban J connectivity index is 1.40. The minimum Gasteiger partial charge on any atom is -0.318 e. The number of rotatable bonds is 6. The molecule has 4 aromatic rings. The topological polar surface area (TPSA) is 73.2 Å². The van der Waals surface area contributed by atoms with Crippen LogP contribution in [0.15, 0.2) is 77.5 Å². The molecule has 0 bridgehead atoms. The van der Waals surface area contributed by atoms with Gasteiger partial charge in [0.25, 0.3) is 11.8 Å². The first kappa shape index (κ1) is 25.1. The number of carbonyl (C=O) groups is 2. The lowest BCUT2D eigenvalue weighted by Crippen LogP contribution is -2.54. The van der Waals surface area contributed by atoms with E-state index in [1.54, 1.807) is 27.7 Å². The molecule has 1 N–H and O–H groups in total. The van der Waals surface area contributed by atoms with Gasteiger partial charge >= 0.3 is 0 Å². The van der Waals surface area contributed by atoms with Crippen LogP contribution in [-0.2, 0) is 6.54 Å². The van der Waals surface area contributed by atoms with Crippen molar-refractivity contribution in [3.8, 4) is 0 Å². The number of carbonyl (C=O) groups excluding carboxylic acids is 2. The van der Waals surface area contributed by atoms with Crippen LogP contribution in [0.4, 0.5) is 10.1 Å². The van der Waals surface area contributed by atoms with E-state index in [1.165, 1.54) is 24.4 Å². The van der Waals surface area contributed by atoms with E-state index in [2.05, 4.69) is 38.2 Å². The summed E-state index contributed by atoms with van der Waals surface area (Å²) in [6, 6.07) is 17.4. The minimum atomic E-state index is -0.629. The molecule has 1 fully saturated rings. The number of pyridine rings is 1. The Bertz CT molecular complexity index is 1440. The second kappa shape index (κ2) is 10.8. The lowest BCUT2D eigenvalue weighted by molar-refractivity contribution is -0.0389. The van der Waals surface area contributed by atoms with Crippen LogP contribution >= 0.6 is 15.9 Å². The number of anilines is 1. The van der Waals surface area contributed by atoms with Crippen molar-refractivity contribution >= 4 is 39.1 Å². The van der Waals surface area contributed by atoms with Crippen molar-refractivity contribution < 1.29 is 14.0 Å². The molecule has 190 valence electrons. The van der Waals surface area contributed by atoms with Gasteiger partial charge in [0, 0.05) is 42.4 Å². The maximum atomic E-state index is 14.8. The highest BCUT2D eigenvalue weighted by atomic mass is 79.9. The molecule has 0 atom stereocenters. The molecule has 3 heterocycles. The fraction of sp³-hybridized carbons (Fsp3) is 0.222. The van der Waals surface area contributed by atoms with E-state index < -0.39 is 11.7 Å². The van der Waals surface area contributed by atoms with Gasteiger partial charge in [-0.1, -0.05) is 46.3 Å². The number of fused-ring (bicyclic) bond motifs is 1. The number of hydrazine groups is 1. The summed E-state index contributed by atoms with van der Waals surface area (Å²) in [5.74, 6) is -1.42. The van der Waals surface area contributed by atoms with E-state index in [0.29, 0.717) is 25.3 Å². The molecule has 1 aliphatic rings. The number of amides is 2. The second-order valence-corrected chi connectivity index (χ2v) is 9.89. The van der Waals surface area contributed by atoms with Gasteiger partial charge < -0.3 is 10.2 Å². The van der Waals surface area contributed by atoms with Gasteiger partial charge in [0.05, 0.1) is 18.4 Å². The minimum absolute atomic E-state index is 0.0686. The van der Waals surface area contributed by atoms with Crippen molar-refractivity contribution in [2.24, 2.45) is 0 Å². The van der Waals surface area contributed by atoms with Crippen LogP contribution in [0.2, 0.25) is 0 Å². The number of nitrogens with zero attached hydrogens (tertiary/aromatic N) is 5. The number of imidazole rings is 1. The Morgan fingerprint density at radius 1 is 1.05 bits per heavy atom. The standard InChI is InChI=1S/C27H26BrFN6O2/c1-32-11-13-33(14-12-32)35(18-19-5-3-2-4-6-19)27(37)20-7-8-22(29)23(15-20)31-26(36)24-17-30-25-16-21(28)9-10-34(24)25/h2-10,15-17H,11-14,18H2,1H3,(H,31,36). The van der Waals surface area contributed by atoms with Crippen LogP contribution in [0, 0.1) is 5.82 Å². The van der Waals surface area contributed by atoms with E-state index in [1.807, 2.05) is 35.3 Å². The number of hydrogen-bond acceptors (Lipinski definition) is 5. The molecule has 2 aromatic heterocycles. The summed E-state index contributed by atoms with van der Waals surface area (Å²) in [5, 5.41) is 6.36. The summed E-state index contributed by atoms with van der Waals surface area (Å²) < 4.78 is 17.2. The van der Waals surface area contributed by atoms with Crippen molar-refractivity contribution in [2.75, 3.05) is 38.5 Å². The normalized spacial score (nSPS) is 14.6. The Hall–Kier alpha value is -3.60. The molecule has 2 aromatic carbocycles. The zero-order valence-corrected chi connectivity index (χ0v) is 21.9. The van der Waals surface area contributed by atoms with Gasteiger partial charge in [-0.15, -0.1) is 0 Å². The molecule has 1 aliphatic heterocycles. The van der Waals surface area contributed by atoms with Crippen molar-refractivity contribution in [1.29, 1.82) is 0 Å². The smallest absolute Gasteiger partial charge is 0.274 e. The summed E-state index contributed by atoms with van der Waals surface area (Å²) in [5.41, 5.74) is 2.04. The Morgan fingerprint density at radius 3 is 2.57 bits per heavy atom. The Morgan fingerprint density at radius 2 is 1.81 bits per heavy atom. The van der Waals surface area contributed by atoms with Crippen LogP contribution in [0.25, 0.3) is 5.65 Å². The molecule has 0 unspecified atom stereocenters. The summed E-state index contributed by atoms with van der Waals surface area (Å²) in [7, 11) is 2.05. The van der Waals surface area contributed by atoms with E-state index in [-0.39, 0.29) is 22.9 Å². The van der Waals surface area contributed by atoms with Crippen molar-refractivity contribution in [3.63, 3.8) is 0 Å². The molecule has 0 saturated carbocycles. The summed E-state index contributed by atoms with van der Waals surface area (Å²) in [6.45, 7) is 3.45. The van der Waals surface area contributed by atoms with Gasteiger partial charge in [0.2, 0.25) is 0 Å². The SMILES string of the molecule is CN1CCN(N(Cc2ccccc2)C(=O)c2ccc(F)c(NC(=O)c3cnc4cc(Br)ccn34)c2)CC1. The zero-order valence-electron chi connectivity index (χ0n) is 20.3. The lowest BCUT2D eigenvalue weighted by atomic mass is 10.1. The van der Waals surface area contributed by atoms with E-state index in [0.717, 1.165) is 23.1 Å². The molecule has 5 rings (SSSR count). The largest absolute Gasteiger partial charge is 0.318 e. The molecule has 0 aliphatic carbocycles. The molecule has 0 spiro atoms. The van der Waals surface area contributed by atoms with Crippen LogP contribution in [0.3, 0.4) is 0 Å². The Kier molecular flexibility index (Phi) is 7.31. The zero-order chi connectivity index (χ0) is 25.9. The molecular weight excluding hydrogens is 539 g/mol. The summed E-state index contributed by atoms with van der Waals surface area (Å²) >= 11 is 3.38. The molecule has 8 nitrogen and oxygen atoms in total. The number of piperazine rings is 1. The van der Waals surface area contributed by atoms with Gasteiger partial charge in [-0.25, -0.2) is 14.4 Å². The average molecular weight is 565 g/mol. The molecule has 0 radical (unpaired) electrons. The van der Waals surface area contributed by atoms with Gasteiger partial charge in [-0.3, -0.25) is 19.0 Å². The number of benzene rings is 2. The molecule has 37 heavy (non-hydrogen) atoms. The number of halogens is 2. The number of likely N-dealkylation sites (N-methyl/N-ethyl adjacent to an activating group) is 1. The maximum Gasteiger partial charge on any atom is 0.274 e. The second-order valence-electron chi connectivity index (χ2n) is 8.97. The lowest BCUT2D eigenvalue weighted by Gasteiger charge is -2.40. The third kappa shape index (κ3) is 5.56. The quantitative estimate of drug-likeness (QED) is 0.378. The van der Waals surface area contributed by atoms with Crippen LogP contribution < -0.4 is 5.32 Å². The van der Waals surface area contributed by atoms with E-state index >= 15 is 0 Å². The number of nitrogens with one attached hydrogen (secondary N) is 1. The molecule has 10 heteroatoms. The highest BCUT2D eigenvalue weighted by Crippen LogP contribution is 2.22. The predicted molar refractivity (Wildman–Crippen MR) is 143 cm³/mol. The molecule has 2 amide bonds. The van der Waals surface area contributed by atoms with Gasteiger partial charge in [0.15, 0.2) is 0 Å². The van der Waals surface area contributed by atoms with Gasteiger partial charge in [-0.05, 0) is 42.9 Å². The highest BCUT2D eigenvalue weighted by Gasteiger charge is 2.27. The maximum absolute atomic E-state index is 14.8. The van der Waals surface area contributed by atoms with Gasteiger partial charge in [-0.2, -0.15) is 0 Å². The third-order valence-electron chi connectivity index (χ3n) is 6.40. The number of aromatic nitrogens is 2. The average Bonchev–Trinajstić information content (AvgIpc) is 3.32. The first-order valence-corrected chi connectivity index (χ1v) is 12.7. The summed E-state index contributed by atoms with van der Waals surface area (Å²) in [6.07, 6.45) is 3.13. The van der Waals surface area contributed by atoms with Crippen LogP contribution in [-0.4, -0.2) is 69.3 Å². The van der Waals surface area contributed by atoms with Crippen molar-refractivity contribution in [3.05, 3.63) is 100 Å². The van der Waals surface area contributed by atoms with E-state index in [9.17, 15) is 14.0 Å². The van der Waals surface area contributed by atoms with Crippen molar-refractivity contribution in [1.82, 2.24) is 24.3 Å². The van der Waals surface area contributed by atoms with Crippen molar-refractivity contribution in [2.45, 2.75) is 6.54 Å². The third-order valence-corrected chi connectivity index (χ3v) is 6.89. The first-order chi connectivity index (χ1) is 17.9. The molecular formula is C27H26BrFN6O2. The number of hydrogen-bond donors (Lipinski definition) is 1. The fourth-order valence-electron chi connectivity index (χ4n) is 4.31. The van der Waals surface area contributed by atoms with E-state index in [4.69, 9.17) is 0 Å². The predicted octanol–water partition coefficient (Wildman–Crippen LogP) is 4.29. The highest BCUT2D eigenvalue weighted by molar-refractivity contribution is 9.10. The van der Waals surface area contributed by atoms with Crippen LogP contribution in [0.5, 0.6) is 0 Å². The monoisotopic (exact) mass is 564 g/mol. The van der Waals surface area contributed by atoms with Gasteiger partial charge in [0.1, 0.15) is 17.2 Å². The molecule has 1 saturated heterocycles. The summed E-state index contributed by atoms with van der Waals surface area (Å²) in [4.78, 5) is 33.2. The Labute approximate surface area is 222 Å². The van der Waals surface area contributed by atoms with Crippen LogP contribution in [0.1, 0.15) is 26.4 Å². The first-order valence-electron chi connectivity index (χ1n) is 11.9.